The molecule has 10 nitrogen and oxygen atoms in total. The Balaban J connectivity index is 0.000000153. The molecule has 8 aromatic carbocycles. The topological polar surface area (TPSA) is 144 Å². The highest BCUT2D eigenvalue weighted by Gasteiger charge is 2.16. The van der Waals surface area contributed by atoms with E-state index in [0.29, 0.717) is 40.4 Å². The van der Waals surface area contributed by atoms with Crippen molar-refractivity contribution in [3.63, 3.8) is 0 Å². The summed E-state index contributed by atoms with van der Waals surface area (Å²) < 4.78 is 0.995. The number of nitrogens with zero attached hydrogens (tertiary/aromatic N) is 8. The van der Waals surface area contributed by atoms with E-state index < -0.39 is 7.12 Å². The first-order valence-corrected chi connectivity index (χ1v) is 26.0. The summed E-state index contributed by atoms with van der Waals surface area (Å²) >= 11 is 3.52. The summed E-state index contributed by atoms with van der Waals surface area (Å²) in [5.74, 6) is 3.86. The summed E-state index contributed by atoms with van der Waals surface area (Å²) in [5.41, 5.74) is 14.7. The molecule has 0 radical (unpaired) electrons. The molecule has 0 fully saturated rings. The highest BCUT2D eigenvalue weighted by atomic mass is 79.9. The molecule has 0 aliphatic rings. The van der Waals surface area contributed by atoms with Gasteiger partial charge in [-0.3, -0.25) is 9.97 Å². The van der Waals surface area contributed by atoms with E-state index in [4.69, 9.17) is 44.9 Å². The minimum Gasteiger partial charge on any atom is -0.423 e. The van der Waals surface area contributed by atoms with Gasteiger partial charge in [0, 0.05) is 66.9 Å². The van der Waals surface area contributed by atoms with Crippen molar-refractivity contribution in [1.29, 1.82) is 0 Å². The van der Waals surface area contributed by atoms with Gasteiger partial charge in [-0.15, -0.1) is 0 Å². The Morgan fingerprint density at radius 2 is 0.603 bits per heavy atom. The first-order chi connectivity index (χ1) is 38.2. The number of benzene rings is 8. The van der Waals surface area contributed by atoms with Crippen molar-refractivity contribution < 1.29 is 10.0 Å². The average molecular weight is 1080 g/mol. The quantitative estimate of drug-likeness (QED) is 0.127. The predicted molar refractivity (Wildman–Crippen MR) is 318 cm³/mol. The second-order valence-electron chi connectivity index (χ2n) is 18.1. The highest BCUT2D eigenvalue weighted by molar-refractivity contribution is 9.10. The summed E-state index contributed by atoms with van der Waals surface area (Å²) in [5, 5.41) is 17.2. The highest BCUT2D eigenvalue weighted by Crippen LogP contribution is 2.32. The van der Waals surface area contributed by atoms with Crippen LogP contribution in [0, 0.1) is 13.8 Å². The molecule has 12 heteroatoms. The van der Waals surface area contributed by atoms with E-state index in [1.807, 2.05) is 182 Å². The molecule has 0 amide bonds. The van der Waals surface area contributed by atoms with E-state index in [1.165, 1.54) is 11.1 Å². The van der Waals surface area contributed by atoms with Crippen molar-refractivity contribution in [1.82, 2.24) is 39.9 Å². The predicted octanol–water partition coefficient (Wildman–Crippen LogP) is 14.3. The van der Waals surface area contributed by atoms with Crippen LogP contribution in [0.2, 0.25) is 0 Å². The third-order valence-corrected chi connectivity index (χ3v) is 13.4. The lowest BCUT2D eigenvalue weighted by Gasteiger charge is -2.11. The SMILES string of the molecule is Cc1cc(-c2cccc(-c3nc(-c4ccccc4)nc(-c4ccccc4)n3)c2)ncc1-c1ccccc1.Cc1cc(-c2cccc(-c3nc(-c4ccccc4)nc(-c4ccccc4)n3)c2)ncc1Br.OB(O)c1ccccc1. The molecule has 0 saturated carbocycles. The second-order valence-corrected chi connectivity index (χ2v) is 18.9. The number of aromatic nitrogens is 8. The lowest BCUT2D eigenvalue weighted by atomic mass is 9.81. The van der Waals surface area contributed by atoms with Crippen LogP contribution in [0.3, 0.4) is 0 Å². The first-order valence-electron chi connectivity index (χ1n) is 25.2. The third kappa shape index (κ3) is 13.0. The molecule has 0 atom stereocenters. The van der Waals surface area contributed by atoms with Gasteiger partial charge < -0.3 is 10.0 Å². The van der Waals surface area contributed by atoms with Crippen LogP contribution in [0.1, 0.15) is 11.1 Å². The van der Waals surface area contributed by atoms with Crippen LogP contribution in [0.4, 0.5) is 0 Å². The van der Waals surface area contributed by atoms with Crippen LogP contribution in [0.15, 0.2) is 260 Å². The van der Waals surface area contributed by atoms with Crippen LogP contribution in [0.25, 0.3) is 102 Å². The molecule has 12 aromatic rings. The smallest absolute Gasteiger partial charge is 0.423 e. The fraction of sp³-hybridized carbons (Fsp3) is 0.0303. The van der Waals surface area contributed by atoms with Gasteiger partial charge in [-0.1, -0.05) is 218 Å². The van der Waals surface area contributed by atoms with Gasteiger partial charge in [-0.25, -0.2) is 29.9 Å². The van der Waals surface area contributed by atoms with E-state index in [9.17, 15) is 0 Å². The Kier molecular flexibility index (Phi) is 16.6. The number of aryl methyl sites for hydroxylation is 2. The summed E-state index contributed by atoms with van der Waals surface area (Å²) in [7, 11) is -1.34. The van der Waals surface area contributed by atoms with E-state index in [1.54, 1.807) is 24.3 Å². The van der Waals surface area contributed by atoms with Crippen molar-refractivity contribution in [2.45, 2.75) is 13.8 Å². The van der Waals surface area contributed by atoms with Gasteiger partial charge in [0.2, 0.25) is 0 Å². The molecule has 376 valence electrons. The molecule has 0 bridgehead atoms. The number of hydrogen-bond donors (Lipinski definition) is 2. The third-order valence-electron chi connectivity index (χ3n) is 12.6. The molecule has 78 heavy (non-hydrogen) atoms. The molecular weight excluding hydrogens is 1030 g/mol. The lowest BCUT2D eigenvalue weighted by Crippen LogP contribution is -2.29. The molecule has 4 aromatic heterocycles. The summed E-state index contributed by atoms with van der Waals surface area (Å²) in [6, 6.07) is 79.6. The summed E-state index contributed by atoms with van der Waals surface area (Å²) in [6.07, 6.45) is 3.79. The molecule has 2 N–H and O–H groups in total. The maximum Gasteiger partial charge on any atom is 0.488 e. The van der Waals surface area contributed by atoms with Gasteiger partial charge in [0.1, 0.15) is 0 Å². The minimum atomic E-state index is -1.34. The number of hydrogen-bond acceptors (Lipinski definition) is 10. The maximum atomic E-state index is 8.58. The van der Waals surface area contributed by atoms with Crippen molar-refractivity contribution in [3.8, 4) is 102 Å². The molecule has 0 spiro atoms. The zero-order valence-electron chi connectivity index (χ0n) is 42.7. The van der Waals surface area contributed by atoms with Crippen LogP contribution in [-0.2, 0) is 0 Å². The van der Waals surface area contributed by atoms with Crippen molar-refractivity contribution >= 4 is 28.5 Å². The molecule has 4 heterocycles. The Hall–Kier alpha value is -9.46. The molecule has 0 aliphatic carbocycles. The maximum absolute atomic E-state index is 8.58. The standard InChI is InChI=1S/C33H24N4.C27H19BrN4.C6H7BO2/c1-23-20-30(34-22-29(23)24-12-5-2-6-13-24)27-18-11-19-28(21-27)33-36-31(25-14-7-3-8-15-25)35-32(37-33)26-16-9-4-10-17-26;1-18-15-24(29-17-23(18)28)21-13-8-14-22(16-21)27-31-25(19-9-4-2-5-10-19)30-26(32-27)20-11-6-3-7-12-20;8-7(9)6-4-2-1-3-5-6/h2-22H,1H3;2-17H,1H3;1-5,8-9H. The number of pyridine rings is 2. The van der Waals surface area contributed by atoms with Gasteiger partial charge in [-0.2, -0.15) is 0 Å². The zero-order chi connectivity index (χ0) is 53.6. The summed E-state index contributed by atoms with van der Waals surface area (Å²) in [6.45, 7) is 4.19. The lowest BCUT2D eigenvalue weighted by molar-refractivity contribution is 0.426. The number of halogens is 1. The Morgan fingerprint density at radius 3 is 0.936 bits per heavy atom. The van der Waals surface area contributed by atoms with E-state index in [0.717, 1.165) is 71.5 Å². The monoisotopic (exact) mass is 1080 g/mol. The van der Waals surface area contributed by atoms with Crippen molar-refractivity contribution in [2.75, 3.05) is 0 Å². The molecule has 0 saturated heterocycles. The van der Waals surface area contributed by atoms with E-state index in [-0.39, 0.29) is 0 Å². The van der Waals surface area contributed by atoms with Crippen LogP contribution in [-0.4, -0.2) is 57.0 Å². The van der Waals surface area contributed by atoms with Gasteiger partial charge in [-0.05, 0) is 76.2 Å². The van der Waals surface area contributed by atoms with Gasteiger partial charge in [0.05, 0.1) is 11.4 Å². The molecule has 0 aliphatic heterocycles. The molecule has 0 unspecified atom stereocenters. The van der Waals surface area contributed by atoms with Crippen molar-refractivity contribution in [2.24, 2.45) is 0 Å². The molecular formula is C66H50BBrN8O2. The van der Waals surface area contributed by atoms with Crippen LogP contribution < -0.4 is 5.46 Å². The van der Waals surface area contributed by atoms with Gasteiger partial charge in [0.25, 0.3) is 0 Å². The summed E-state index contributed by atoms with van der Waals surface area (Å²) in [4.78, 5) is 38.3. The number of rotatable bonds is 10. The van der Waals surface area contributed by atoms with E-state index >= 15 is 0 Å². The normalized spacial score (nSPS) is 10.6. The Bertz CT molecular complexity index is 3810. The van der Waals surface area contributed by atoms with Crippen LogP contribution in [0.5, 0.6) is 0 Å². The van der Waals surface area contributed by atoms with Crippen LogP contribution >= 0.6 is 15.9 Å². The molecule has 12 rings (SSSR count). The van der Waals surface area contributed by atoms with E-state index in [2.05, 4.69) is 83.3 Å². The fourth-order valence-electron chi connectivity index (χ4n) is 8.47. The van der Waals surface area contributed by atoms with Gasteiger partial charge in [0.15, 0.2) is 34.9 Å². The van der Waals surface area contributed by atoms with Crippen molar-refractivity contribution in [3.05, 3.63) is 271 Å². The average Bonchev–Trinajstić information content (AvgIpc) is 3.52. The second kappa shape index (κ2) is 24.9. The minimum absolute atomic E-state index is 0.525. The zero-order valence-corrected chi connectivity index (χ0v) is 44.3. The Labute approximate surface area is 462 Å². The fourth-order valence-corrected chi connectivity index (χ4v) is 8.68. The van der Waals surface area contributed by atoms with Gasteiger partial charge >= 0.3 is 7.12 Å². The Morgan fingerprint density at radius 1 is 0.308 bits per heavy atom. The first kappa shape index (κ1) is 52.0. The largest absolute Gasteiger partial charge is 0.488 e.